The van der Waals surface area contributed by atoms with Gasteiger partial charge in [0.05, 0.1) is 16.6 Å². The summed E-state index contributed by atoms with van der Waals surface area (Å²) in [6, 6.07) is 23.7. The molecule has 5 aromatic rings. The highest BCUT2D eigenvalue weighted by Gasteiger charge is 2.37. The summed E-state index contributed by atoms with van der Waals surface area (Å²) in [4.78, 5) is 20.3. The van der Waals surface area contributed by atoms with E-state index in [0.717, 1.165) is 24.8 Å². The molecule has 2 aromatic heterocycles. The molecule has 3 aromatic carbocycles. The highest BCUT2D eigenvalue weighted by atomic mass is 32.2. The number of aromatic amines is 1. The van der Waals surface area contributed by atoms with Crippen molar-refractivity contribution in [2.75, 3.05) is 4.72 Å². The minimum Gasteiger partial charge on any atom is -0.507 e. The van der Waals surface area contributed by atoms with Gasteiger partial charge in [-0.2, -0.15) is 8.42 Å². The first kappa shape index (κ1) is 26.8. The van der Waals surface area contributed by atoms with Crippen molar-refractivity contribution in [2.45, 2.75) is 50.1 Å². The van der Waals surface area contributed by atoms with Gasteiger partial charge in [0.1, 0.15) is 11.5 Å². The summed E-state index contributed by atoms with van der Waals surface area (Å²) in [5, 5.41) is 10.9. The highest BCUT2D eigenvalue weighted by Crippen LogP contribution is 2.48. The van der Waals surface area contributed by atoms with Gasteiger partial charge in [0, 0.05) is 24.1 Å². The van der Waals surface area contributed by atoms with Crippen LogP contribution in [0.15, 0.2) is 93.2 Å². The van der Waals surface area contributed by atoms with E-state index in [1.165, 1.54) is 11.1 Å². The minimum atomic E-state index is -3.99. The number of sulfonamides is 1. The van der Waals surface area contributed by atoms with Crippen LogP contribution >= 0.6 is 0 Å². The fourth-order valence-corrected chi connectivity index (χ4v) is 6.51. The molecule has 1 unspecified atom stereocenters. The molecule has 3 N–H and O–H groups in total. The number of nitrogens with one attached hydrogen (secondary N) is 2. The number of hydrogen-bond donors (Lipinski definition) is 3. The van der Waals surface area contributed by atoms with Crippen molar-refractivity contribution in [3.63, 3.8) is 0 Å². The molecule has 6 rings (SSSR count). The molecule has 210 valence electrons. The molecular weight excluding hydrogens is 538 g/mol. The molecule has 0 bridgehead atoms. The van der Waals surface area contributed by atoms with E-state index >= 15 is 0 Å². The topological polar surface area (TPSA) is 125 Å². The first-order chi connectivity index (χ1) is 19.8. The average Bonchev–Trinajstić information content (AvgIpc) is 3.69. The van der Waals surface area contributed by atoms with Crippen LogP contribution in [-0.2, 0) is 29.3 Å². The Bertz CT molecular complexity index is 1860. The third-order valence-corrected chi connectivity index (χ3v) is 8.89. The molecule has 0 radical (unpaired) electrons. The number of fused-ring (bicyclic) bond motifs is 1. The maximum Gasteiger partial charge on any atom is 0.343 e. The van der Waals surface area contributed by atoms with Crippen LogP contribution in [0.2, 0.25) is 0 Å². The van der Waals surface area contributed by atoms with Crippen LogP contribution in [-0.4, -0.2) is 23.5 Å². The normalized spacial score (nSPS) is 14.3. The van der Waals surface area contributed by atoms with Gasteiger partial charge in [0.15, 0.2) is 0 Å². The van der Waals surface area contributed by atoms with Gasteiger partial charge in [-0.15, -0.1) is 0 Å². The molecule has 2 heterocycles. The summed E-state index contributed by atoms with van der Waals surface area (Å²) in [7, 11) is -3.99. The van der Waals surface area contributed by atoms with Crippen LogP contribution in [0.4, 0.5) is 5.69 Å². The predicted molar refractivity (Wildman–Crippen MR) is 158 cm³/mol. The summed E-state index contributed by atoms with van der Waals surface area (Å²) < 4.78 is 34.5. The molecule has 1 aliphatic carbocycles. The molecule has 0 amide bonds. The van der Waals surface area contributed by atoms with Crippen molar-refractivity contribution < 1.29 is 17.9 Å². The first-order valence-electron chi connectivity index (χ1n) is 13.8. The predicted octanol–water partition coefficient (Wildman–Crippen LogP) is 5.91. The lowest BCUT2D eigenvalue weighted by atomic mass is 9.87. The van der Waals surface area contributed by atoms with Crippen molar-refractivity contribution in [3.05, 3.63) is 117 Å². The van der Waals surface area contributed by atoms with E-state index in [0.29, 0.717) is 35.3 Å². The van der Waals surface area contributed by atoms with Gasteiger partial charge in [-0.05, 0) is 72.6 Å². The van der Waals surface area contributed by atoms with E-state index in [1.807, 2.05) is 18.2 Å². The molecule has 9 heteroatoms. The number of hydrogen-bond acceptors (Lipinski definition) is 6. The van der Waals surface area contributed by atoms with Crippen molar-refractivity contribution in [3.8, 4) is 5.75 Å². The minimum absolute atomic E-state index is 0.0924. The van der Waals surface area contributed by atoms with Crippen molar-refractivity contribution in [1.82, 2.24) is 9.97 Å². The fraction of sp³-hybridized carbons (Fsp3) is 0.250. The molecule has 1 atom stereocenters. The molecule has 0 aliphatic heterocycles. The number of rotatable bonds is 10. The number of imidazole rings is 1. The van der Waals surface area contributed by atoms with Crippen LogP contribution in [0.3, 0.4) is 0 Å². The van der Waals surface area contributed by atoms with E-state index in [-0.39, 0.29) is 22.4 Å². The number of benzene rings is 3. The largest absolute Gasteiger partial charge is 0.507 e. The number of aryl methyl sites for hydroxylation is 3. The lowest BCUT2D eigenvalue weighted by molar-refractivity contribution is 0.403. The smallest absolute Gasteiger partial charge is 0.343 e. The molecule has 0 saturated heterocycles. The number of aromatic hydroxyl groups is 1. The van der Waals surface area contributed by atoms with Gasteiger partial charge in [0.2, 0.25) is 5.16 Å². The lowest BCUT2D eigenvalue weighted by Gasteiger charge is -2.19. The maximum absolute atomic E-state index is 13.3. The third kappa shape index (κ3) is 5.63. The van der Waals surface area contributed by atoms with E-state index < -0.39 is 21.6 Å². The first-order valence-corrected chi connectivity index (χ1v) is 15.3. The summed E-state index contributed by atoms with van der Waals surface area (Å²) in [6.45, 7) is 2.11. The molecule has 41 heavy (non-hydrogen) atoms. The van der Waals surface area contributed by atoms with E-state index in [4.69, 9.17) is 4.42 Å². The average molecular weight is 570 g/mol. The van der Waals surface area contributed by atoms with E-state index in [9.17, 15) is 18.3 Å². The van der Waals surface area contributed by atoms with Crippen LogP contribution in [0.25, 0.3) is 11.0 Å². The monoisotopic (exact) mass is 569 g/mol. The summed E-state index contributed by atoms with van der Waals surface area (Å²) in [5.74, 6) is 0.0688. The summed E-state index contributed by atoms with van der Waals surface area (Å²) in [6.07, 6.45) is 3.90. The molecule has 0 spiro atoms. The Kier molecular flexibility index (Phi) is 7.13. The zero-order valence-corrected chi connectivity index (χ0v) is 23.4. The van der Waals surface area contributed by atoms with Crippen LogP contribution in [0, 0.1) is 5.92 Å². The summed E-state index contributed by atoms with van der Waals surface area (Å²) in [5.41, 5.74) is 4.33. The van der Waals surface area contributed by atoms with Gasteiger partial charge >= 0.3 is 5.63 Å². The fourth-order valence-electron chi connectivity index (χ4n) is 5.51. The molecule has 1 aliphatic rings. The van der Waals surface area contributed by atoms with Gasteiger partial charge in [-0.25, -0.2) is 9.78 Å². The Morgan fingerprint density at radius 1 is 1.00 bits per heavy atom. The number of aromatic nitrogens is 2. The highest BCUT2D eigenvalue weighted by molar-refractivity contribution is 7.92. The Balaban J connectivity index is 1.26. The molecule has 1 saturated carbocycles. The molecular formula is C32H31N3O5S. The van der Waals surface area contributed by atoms with Crippen LogP contribution < -0.4 is 10.3 Å². The molecule has 1 fully saturated rings. The van der Waals surface area contributed by atoms with Crippen molar-refractivity contribution in [2.24, 2.45) is 5.92 Å². The van der Waals surface area contributed by atoms with Crippen molar-refractivity contribution >= 4 is 26.7 Å². The maximum atomic E-state index is 13.3. The lowest BCUT2D eigenvalue weighted by Crippen LogP contribution is -2.18. The van der Waals surface area contributed by atoms with Gasteiger partial charge in [0.25, 0.3) is 10.0 Å². The zero-order chi connectivity index (χ0) is 28.6. The molecule has 8 nitrogen and oxygen atoms in total. The second kappa shape index (κ2) is 10.9. The number of para-hydroxylation sites is 2. The zero-order valence-electron chi connectivity index (χ0n) is 22.6. The SMILES string of the molecule is CCc1ccccc1CCc1cc(O)c(C(c2cccc(NS(=O)(=O)c3nc4ccccc4[nH]3)c2)C2CC2)c(=O)o1. The quantitative estimate of drug-likeness (QED) is 0.192. The Morgan fingerprint density at radius 2 is 1.76 bits per heavy atom. The second-order valence-electron chi connectivity index (χ2n) is 10.5. The standard InChI is InChI=1S/C32H31N3O5S/c1-2-20-8-3-4-9-21(20)16-17-25-19-28(36)30(31(37)40-25)29(22-14-15-22)23-10-7-11-24(18-23)35-41(38,39)32-33-26-12-5-6-13-27(26)34-32/h3-13,18-19,22,29,35-36H,2,14-17H2,1H3,(H,33,34). The number of nitrogens with zero attached hydrogens (tertiary/aromatic N) is 1. The van der Waals surface area contributed by atoms with E-state index in [2.05, 4.69) is 33.7 Å². The number of H-pyrrole nitrogens is 1. The van der Waals surface area contributed by atoms with Gasteiger partial charge in [-0.3, -0.25) is 4.72 Å². The van der Waals surface area contributed by atoms with Crippen LogP contribution in [0.1, 0.15) is 53.7 Å². The van der Waals surface area contributed by atoms with Gasteiger partial charge in [-0.1, -0.05) is 55.5 Å². The number of anilines is 1. The Hall–Kier alpha value is -4.37. The van der Waals surface area contributed by atoms with E-state index in [1.54, 1.807) is 48.5 Å². The summed E-state index contributed by atoms with van der Waals surface area (Å²) >= 11 is 0. The van der Waals surface area contributed by atoms with Gasteiger partial charge < -0.3 is 14.5 Å². The Labute approximate surface area is 238 Å². The van der Waals surface area contributed by atoms with Crippen LogP contribution in [0.5, 0.6) is 5.75 Å². The second-order valence-corrected chi connectivity index (χ2v) is 12.1. The Morgan fingerprint density at radius 3 is 2.49 bits per heavy atom. The third-order valence-electron chi connectivity index (χ3n) is 7.68. The van der Waals surface area contributed by atoms with Crippen molar-refractivity contribution in [1.29, 1.82) is 0 Å².